The summed E-state index contributed by atoms with van der Waals surface area (Å²) in [5, 5.41) is 1.77. The molecule has 0 saturated carbocycles. The van der Waals surface area contributed by atoms with Gasteiger partial charge in [-0.05, 0) is 6.92 Å². The first kappa shape index (κ1) is 11.4. The molecule has 0 aliphatic heterocycles. The van der Waals surface area contributed by atoms with Gasteiger partial charge in [-0.1, -0.05) is 0 Å². The van der Waals surface area contributed by atoms with Crippen molar-refractivity contribution in [1.29, 1.82) is 0 Å². The molecule has 12 heavy (non-hydrogen) atoms. The molecule has 68 valence electrons. The van der Waals surface area contributed by atoms with Crippen molar-refractivity contribution in [2.75, 3.05) is 7.11 Å². The average Bonchev–Trinajstić information content (AvgIpc) is 2.32. The van der Waals surface area contributed by atoms with Crippen molar-refractivity contribution in [3.8, 4) is 0 Å². The van der Waals surface area contributed by atoms with E-state index in [9.17, 15) is 4.79 Å². The van der Waals surface area contributed by atoms with Crippen molar-refractivity contribution in [3.05, 3.63) is 15.8 Å². The second kappa shape index (κ2) is 4.45. The maximum absolute atomic E-state index is 11.0. The maximum atomic E-state index is 11.0. The van der Waals surface area contributed by atoms with Gasteiger partial charge in [0.15, 0.2) is 5.69 Å². The molecule has 0 aliphatic rings. The van der Waals surface area contributed by atoms with Crippen LogP contribution >= 0.6 is 23.7 Å². The highest BCUT2D eigenvalue weighted by atomic mass is 35.5. The third-order valence-electron chi connectivity index (χ3n) is 1.51. The van der Waals surface area contributed by atoms with Gasteiger partial charge in [0, 0.05) is 5.38 Å². The van der Waals surface area contributed by atoms with Crippen LogP contribution in [-0.4, -0.2) is 13.1 Å². The number of carbonyl (C=O) groups excluding carboxylic acids is 1. The molecular formula is C7H11ClNO2S+. The Bertz CT molecular complexity index is 285. The van der Waals surface area contributed by atoms with E-state index in [1.165, 1.54) is 18.4 Å². The number of methoxy groups -OCH3 is 1. The number of hydrogen-bond acceptors (Lipinski definition) is 3. The van der Waals surface area contributed by atoms with E-state index in [2.05, 4.69) is 10.5 Å². The summed E-state index contributed by atoms with van der Waals surface area (Å²) >= 11 is 1.51. The van der Waals surface area contributed by atoms with Crippen molar-refractivity contribution in [2.45, 2.75) is 6.92 Å². The molecule has 0 aliphatic carbocycles. The van der Waals surface area contributed by atoms with E-state index in [0.717, 1.165) is 10.6 Å². The quantitative estimate of drug-likeness (QED) is 0.704. The molecule has 1 rings (SSSR count). The van der Waals surface area contributed by atoms with Gasteiger partial charge in [0.25, 0.3) is 0 Å². The lowest BCUT2D eigenvalue weighted by Crippen LogP contribution is -2.42. The molecule has 0 saturated heterocycles. The molecule has 3 nitrogen and oxygen atoms in total. The first-order valence-corrected chi connectivity index (χ1v) is 4.03. The van der Waals surface area contributed by atoms with Gasteiger partial charge < -0.3 is 10.5 Å². The zero-order valence-electron chi connectivity index (χ0n) is 6.92. The number of esters is 1. The molecule has 0 unspecified atom stereocenters. The number of carbonyl (C=O) groups is 1. The van der Waals surface area contributed by atoms with E-state index in [1.807, 2.05) is 6.92 Å². The standard InChI is InChI=1S/C7H9NO2S.ClH/c1-4-6(8)5(3-11-4)7(9)10-2;/h3H,8H2,1-2H3;1H/p+1. The second-order valence-corrected chi connectivity index (χ2v) is 3.26. The smallest absolute Gasteiger partial charge is 0.344 e. The van der Waals surface area contributed by atoms with Gasteiger partial charge in [-0.15, -0.1) is 23.7 Å². The zero-order valence-corrected chi connectivity index (χ0v) is 8.55. The van der Waals surface area contributed by atoms with E-state index in [4.69, 9.17) is 0 Å². The molecule has 0 bridgehead atoms. The molecule has 0 aromatic carbocycles. The van der Waals surface area contributed by atoms with Crippen molar-refractivity contribution in [2.24, 2.45) is 0 Å². The van der Waals surface area contributed by atoms with Crippen molar-refractivity contribution < 1.29 is 15.3 Å². The Hall–Kier alpha value is -0.580. The highest BCUT2D eigenvalue weighted by molar-refractivity contribution is 7.10. The van der Waals surface area contributed by atoms with Gasteiger partial charge in [0.05, 0.1) is 12.0 Å². The van der Waals surface area contributed by atoms with E-state index in [-0.39, 0.29) is 18.4 Å². The van der Waals surface area contributed by atoms with Gasteiger partial charge in [0.1, 0.15) is 5.56 Å². The van der Waals surface area contributed by atoms with Crippen LogP contribution in [0.1, 0.15) is 15.2 Å². The van der Waals surface area contributed by atoms with Crippen LogP contribution in [0.3, 0.4) is 0 Å². The number of aryl methyl sites for hydroxylation is 1. The Labute approximate surface area is 80.9 Å². The average molecular weight is 209 g/mol. The fourth-order valence-corrected chi connectivity index (χ4v) is 1.55. The maximum Gasteiger partial charge on any atom is 0.344 e. The molecular weight excluding hydrogens is 198 g/mol. The zero-order chi connectivity index (χ0) is 8.43. The van der Waals surface area contributed by atoms with E-state index >= 15 is 0 Å². The van der Waals surface area contributed by atoms with Crippen LogP contribution in [0.15, 0.2) is 5.38 Å². The molecule has 0 spiro atoms. The summed E-state index contributed by atoms with van der Waals surface area (Å²) < 4.78 is 4.56. The Kier molecular flexibility index (Phi) is 4.23. The third kappa shape index (κ3) is 1.97. The topological polar surface area (TPSA) is 53.9 Å². The molecule has 3 N–H and O–H groups in total. The summed E-state index contributed by atoms with van der Waals surface area (Å²) in [7, 11) is 1.37. The summed E-state index contributed by atoms with van der Waals surface area (Å²) in [6, 6.07) is 0. The highest BCUT2D eigenvalue weighted by Gasteiger charge is 2.15. The minimum atomic E-state index is -0.306. The number of hydrogen-bond donors (Lipinski definition) is 1. The Morgan fingerprint density at radius 2 is 2.25 bits per heavy atom. The first-order valence-electron chi connectivity index (χ1n) is 3.15. The normalized spacial score (nSPS) is 8.92. The summed E-state index contributed by atoms with van der Waals surface area (Å²) in [5.41, 5.74) is 5.12. The van der Waals surface area contributed by atoms with E-state index < -0.39 is 0 Å². The van der Waals surface area contributed by atoms with Gasteiger partial charge in [-0.3, -0.25) is 0 Å². The lowest BCUT2D eigenvalue weighted by atomic mass is 10.2. The predicted octanol–water partition coefficient (Wildman–Crippen LogP) is 1.14. The highest BCUT2D eigenvalue weighted by Crippen LogP contribution is 2.22. The molecule has 0 amide bonds. The molecule has 1 heterocycles. The van der Waals surface area contributed by atoms with Crippen LogP contribution in [0, 0.1) is 6.92 Å². The van der Waals surface area contributed by atoms with Gasteiger partial charge in [0.2, 0.25) is 0 Å². The number of rotatable bonds is 1. The van der Waals surface area contributed by atoms with Crippen LogP contribution in [0.2, 0.25) is 0 Å². The molecule has 0 atom stereocenters. The van der Waals surface area contributed by atoms with Crippen LogP contribution in [0.5, 0.6) is 0 Å². The Morgan fingerprint density at radius 1 is 1.67 bits per heavy atom. The predicted molar refractivity (Wildman–Crippen MR) is 50.2 cm³/mol. The SMILES string of the molecule is COC(=O)c1csc(C)c1[NH3+].Cl. The van der Waals surface area contributed by atoms with Gasteiger partial charge >= 0.3 is 5.97 Å². The summed E-state index contributed by atoms with van der Waals surface area (Å²) in [5.74, 6) is -0.306. The molecule has 1 aromatic heterocycles. The van der Waals surface area contributed by atoms with Crippen LogP contribution < -0.4 is 5.73 Å². The molecule has 0 radical (unpaired) electrons. The number of quaternary nitrogens is 1. The minimum absolute atomic E-state index is 0. The van der Waals surface area contributed by atoms with Crippen molar-refractivity contribution >= 4 is 35.4 Å². The molecule has 5 heteroatoms. The van der Waals surface area contributed by atoms with E-state index in [1.54, 1.807) is 5.38 Å². The number of halogens is 1. The van der Waals surface area contributed by atoms with Crippen LogP contribution in [0.25, 0.3) is 0 Å². The first-order chi connectivity index (χ1) is 5.16. The van der Waals surface area contributed by atoms with Crippen LogP contribution in [-0.2, 0) is 4.74 Å². The molecule has 0 fully saturated rings. The van der Waals surface area contributed by atoms with Gasteiger partial charge in [-0.25, -0.2) is 4.79 Å². The number of thiophene rings is 1. The van der Waals surface area contributed by atoms with Gasteiger partial charge in [-0.2, -0.15) is 0 Å². The Balaban J connectivity index is 0.00000121. The largest absolute Gasteiger partial charge is 0.465 e. The van der Waals surface area contributed by atoms with E-state index in [0.29, 0.717) is 5.56 Å². The fraction of sp³-hybridized carbons (Fsp3) is 0.286. The van der Waals surface area contributed by atoms with Crippen molar-refractivity contribution in [1.82, 2.24) is 0 Å². The summed E-state index contributed by atoms with van der Waals surface area (Å²) in [6.07, 6.45) is 0. The third-order valence-corrected chi connectivity index (χ3v) is 2.46. The van der Waals surface area contributed by atoms with Crippen molar-refractivity contribution in [3.63, 3.8) is 0 Å². The second-order valence-electron chi connectivity index (χ2n) is 2.18. The lowest BCUT2D eigenvalue weighted by molar-refractivity contribution is -0.255. The minimum Gasteiger partial charge on any atom is -0.465 e. The Morgan fingerprint density at radius 3 is 2.58 bits per heavy atom. The summed E-state index contributed by atoms with van der Waals surface area (Å²) in [4.78, 5) is 12.1. The lowest BCUT2D eigenvalue weighted by Gasteiger charge is -1.93. The summed E-state index contributed by atoms with van der Waals surface area (Å²) in [6.45, 7) is 1.93. The van der Waals surface area contributed by atoms with Crippen LogP contribution in [0.4, 0.5) is 5.69 Å². The monoisotopic (exact) mass is 208 g/mol. The number of ether oxygens (including phenoxy) is 1. The molecule has 1 aromatic rings. The fourth-order valence-electron chi connectivity index (χ4n) is 0.760.